The molecule has 11 aromatic carbocycles. The summed E-state index contributed by atoms with van der Waals surface area (Å²) in [5.41, 5.74) is 21.6. The maximum atomic E-state index is 2.47. The van der Waals surface area contributed by atoms with E-state index >= 15 is 0 Å². The summed E-state index contributed by atoms with van der Waals surface area (Å²) in [6, 6.07) is 73.4. The lowest BCUT2D eigenvalue weighted by Gasteiger charge is -2.29. The van der Waals surface area contributed by atoms with Crippen LogP contribution in [0.5, 0.6) is 0 Å². The molecule has 0 amide bonds. The molecule has 0 saturated heterocycles. The molecule has 0 spiro atoms. The third kappa shape index (κ3) is 7.76. The zero-order chi connectivity index (χ0) is 46.8. The Morgan fingerprint density at radius 3 is 0.838 bits per heavy atom. The molecule has 0 aliphatic carbocycles. The standard InChI is InChI=1S/C66H56N2/c1-41-27-42(2)32-53(31-41)67(54-33-43(3)28-44(4)34-54)51-23-25-61-63(39-51)65(59-21-13-17-49-15-9-11-19-57(49)59)62-26-24-52(40-64(62)66(61)60-22-14-18-50-16-10-12-20-58(50)60)68(55-35-45(5)29-46(6)36-55)56-37-47(7)30-48(8)38-56/h9-40H,1-8H3. The van der Waals surface area contributed by atoms with Crippen LogP contribution < -0.4 is 9.80 Å². The predicted molar refractivity (Wildman–Crippen MR) is 295 cm³/mol. The molecule has 0 fully saturated rings. The summed E-state index contributed by atoms with van der Waals surface area (Å²) in [6.07, 6.45) is 0. The predicted octanol–water partition coefficient (Wildman–Crippen LogP) is 19.0. The maximum Gasteiger partial charge on any atom is 0.0468 e. The first kappa shape index (κ1) is 42.7. The number of nitrogens with zero attached hydrogens (tertiary/aromatic N) is 2. The van der Waals surface area contributed by atoms with Crippen molar-refractivity contribution in [1.82, 2.24) is 0 Å². The monoisotopic (exact) mass is 876 g/mol. The van der Waals surface area contributed by atoms with Crippen LogP contribution in [-0.4, -0.2) is 0 Å². The van der Waals surface area contributed by atoms with Gasteiger partial charge in [-0.1, -0.05) is 121 Å². The highest BCUT2D eigenvalue weighted by Gasteiger charge is 2.24. The second-order valence-electron chi connectivity index (χ2n) is 19.3. The Morgan fingerprint density at radius 1 is 0.221 bits per heavy atom. The van der Waals surface area contributed by atoms with Gasteiger partial charge in [-0.3, -0.25) is 0 Å². The maximum absolute atomic E-state index is 2.47. The third-order valence-electron chi connectivity index (χ3n) is 13.6. The van der Waals surface area contributed by atoms with Gasteiger partial charge in [0.05, 0.1) is 0 Å². The molecule has 11 aromatic rings. The highest BCUT2D eigenvalue weighted by Crippen LogP contribution is 2.50. The van der Waals surface area contributed by atoms with Gasteiger partial charge in [0.2, 0.25) is 0 Å². The number of hydrogen-bond donors (Lipinski definition) is 0. The van der Waals surface area contributed by atoms with Crippen LogP contribution in [0.2, 0.25) is 0 Å². The zero-order valence-electron chi connectivity index (χ0n) is 40.4. The van der Waals surface area contributed by atoms with Gasteiger partial charge in [-0.25, -0.2) is 0 Å². The highest BCUT2D eigenvalue weighted by molar-refractivity contribution is 6.26. The molecular weight excluding hydrogens is 821 g/mol. The van der Waals surface area contributed by atoms with Crippen molar-refractivity contribution in [3.63, 3.8) is 0 Å². The minimum Gasteiger partial charge on any atom is -0.310 e. The molecule has 2 nitrogen and oxygen atoms in total. The van der Waals surface area contributed by atoms with Crippen molar-refractivity contribution in [2.75, 3.05) is 9.80 Å². The number of benzene rings is 11. The Kier molecular flexibility index (Phi) is 10.7. The molecule has 0 saturated carbocycles. The largest absolute Gasteiger partial charge is 0.310 e. The van der Waals surface area contributed by atoms with Gasteiger partial charge in [0, 0.05) is 34.1 Å². The summed E-state index contributed by atoms with van der Waals surface area (Å²) >= 11 is 0. The van der Waals surface area contributed by atoms with Gasteiger partial charge in [-0.2, -0.15) is 0 Å². The summed E-state index contributed by atoms with van der Waals surface area (Å²) in [7, 11) is 0. The first-order valence-electron chi connectivity index (χ1n) is 23.9. The van der Waals surface area contributed by atoms with Crippen molar-refractivity contribution < 1.29 is 0 Å². The molecule has 0 heterocycles. The number of rotatable bonds is 8. The van der Waals surface area contributed by atoms with E-state index in [-0.39, 0.29) is 0 Å². The van der Waals surface area contributed by atoms with E-state index in [9.17, 15) is 0 Å². The second-order valence-corrected chi connectivity index (χ2v) is 19.3. The fourth-order valence-corrected chi connectivity index (χ4v) is 11.2. The van der Waals surface area contributed by atoms with Gasteiger partial charge in [-0.15, -0.1) is 0 Å². The molecular formula is C66H56N2. The first-order chi connectivity index (χ1) is 32.9. The van der Waals surface area contributed by atoms with Crippen LogP contribution in [0, 0.1) is 55.4 Å². The fourth-order valence-electron chi connectivity index (χ4n) is 11.2. The van der Waals surface area contributed by atoms with Crippen LogP contribution in [0.4, 0.5) is 34.1 Å². The van der Waals surface area contributed by atoms with E-state index in [0.717, 1.165) is 34.1 Å². The van der Waals surface area contributed by atoms with Crippen LogP contribution in [0.15, 0.2) is 194 Å². The fraction of sp³-hybridized carbons (Fsp3) is 0.121. The van der Waals surface area contributed by atoms with E-state index < -0.39 is 0 Å². The van der Waals surface area contributed by atoms with E-state index in [4.69, 9.17) is 0 Å². The Morgan fingerprint density at radius 2 is 0.515 bits per heavy atom. The van der Waals surface area contributed by atoms with Crippen molar-refractivity contribution in [2.45, 2.75) is 55.4 Å². The Balaban J connectivity index is 1.31. The Labute approximate surface area is 401 Å². The normalized spacial score (nSPS) is 11.5. The summed E-state index contributed by atoms with van der Waals surface area (Å²) in [6.45, 7) is 17.6. The summed E-state index contributed by atoms with van der Waals surface area (Å²) < 4.78 is 0. The Hall–Kier alpha value is -7.94. The van der Waals surface area contributed by atoms with E-state index in [1.54, 1.807) is 0 Å². The molecule has 0 radical (unpaired) electrons. The minimum absolute atomic E-state index is 1.12. The molecule has 330 valence electrons. The number of aryl methyl sites for hydroxylation is 8. The van der Waals surface area contributed by atoms with Gasteiger partial charge in [-0.05, 0) is 238 Å². The zero-order valence-corrected chi connectivity index (χ0v) is 40.4. The van der Waals surface area contributed by atoms with Crippen molar-refractivity contribution >= 4 is 77.2 Å². The minimum atomic E-state index is 1.12. The number of fused-ring (bicyclic) bond motifs is 4. The first-order valence-corrected chi connectivity index (χ1v) is 23.9. The Bertz CT molecular complexity index is 3350. The van der Waals surface area contributed by atoms with Crippen molar-refractivity contribution in [1.29, 1.82) is 0 Å². The van der Waals surface area contributed by atoms with Crippen molar-refractivity contribution in [3.8, 4) is 22.3 Å². The van der Waals surface area contributed by atoms with Crippen LogP contribution in [-0.2, 0) is 0 Å². The smallest absolute Gasteiger partial charge is 0.0468 e. The lowest BCUT2D eigenvalue weighted by atomic mass is 9.83. The lowest BCUT2D eigenvalue weighted by molar-refractivity contribution is 1.24. The summed E-state index contributed by atoms with van der Waals surface area (Å²) in [4.78, 5) is 4.92. The van der Waals surface area contributed by atoms with Gasteiger partial charge >= 0.3 is 0 Å². The topological polar surface area (TPSA) is 6.48 Å². The van der Waals surface area contributed by atoms with Crippen molar-refractivity contribution in [3.05, 3.63) is 239 Å². The van der Waals surface area contributed by atoms with E-state index in [0.29, 0.717) is 0 Å². The quantitative estimate of drug-likeness (QED) is 0.140. The summed E-state index contributed by atoms with van der Waals surface area (Å²) in [5, 5.41) is 9.75. The van der Waals surface area contributed by atoms with E-state index in [2.05, 4.69) is 259 Å². The third-order valence-corrected chi connectivity index (χ3v) is 13.6. The molecule has 11 rings (SSSR count). The average molecular weight is 877 g/mol. The molecule has 0 unspecified atom stereocenters. The molecule has 0 N–H and O–H groups in total. The summed E-state index contributed by atoms with van der Waals surface area (Å²) in [5.74, 6) is 0. The van der Waals surface area contributed by atoms with Gasteiger partial charge in [0.1, 0.15) is 0 Å². The number of hydrogen-bond acceptors (Lipinski definition) is 2. The van der Waals surface area contributed by atoms with Crippen molar-refractivity contribution in [2.24, 2.45) is 0 Å². The lowest BCUT2D eigenvalue weighted by Crippen LogP contribution is -2.11. The van der Waals surface area contributed by atoms with E-state index in [1.807, 2.05) is 0 Å². The molecule has 0 aromatic heterocycles. The average Bonchev–Trinajstić information content (AvgIpc) is 3.29. The van der Waals surface area contributed by atoms with Crippen LogP contribution in [0.25, 0.3) is 65.3 Å². The molecule has 0 aliphatic rings. The van der Waals surface area contributed by atoms with Crippen LogP contribution >= 0.6 is 0 Å². The molecule has 2 heteroatoms. The van der Waals surface area contributed by atoms with E-state index in [1.165, 1.54) is 110 Å². The highest BCUT2D eigenvalue weighted by atomic mass is 15.1. The van der Waals surface area contributed by atoms with Gasteiger partial charge in [0.15, 0.2) is 0 Å². The van der Waals surface area contributed by atoms with Crippen LogP contribution in [0.3, 0.4) is 0 Å². The number of anilines is 6. The SMILES string of the molecule is Cc1cc(C)cc(N(c2cc(C)cc(C)c2)c2ccc3c(-c4cccc5ccccc45)c4cc(N(c5cc(C)cc(C)c5)c5cc(C)cc(C)c5)ccc4c(-c4cccc5ccccc45)c3c2)c1. The van der Waals surface area contributed by atoms with Gasteiger partial charge < -0.3 is 9.80 Å². The molecule has 68 heavy (non-hydrogen) atoms. The second kappa shape index (κ2) is 17.0. The molecule has 0 bridgehead atoms. The van der Waals surface area contributed by atoms with Gasteiger partial charge in [0.25, 0.3) is 0 Å². The molecule has 0 atom stereocenters. The molecule has 0 aliphatic heterocycles. The van der Waals surface area contributed by atoms with Crippen LogP contribution in [0.1, 0.15) is 44.5 Å².